The standard InChI is InChI=1S/C12H17NO2/c1-8-9(2)12(14)10(5-4-6-13)7-11(8)15-3/h4-5,7,14H,6,13H2,1-3H3/b5-4+. The SMILES string of the molecule is COc1cc(/C=C/CN)c(O)c(C)c1C. The second kappa shape index (κ2) is 4.84. The molecule has 82 valence electrons. The highest BCUT2D eigenvalue weighted by atomic mass is 16.5. The maximum absolute atomic E-state index is 9.88. The van der Waals surface area contributed by atoms with Gasteiger partial charge in [0, 0.05) is 12.1 Å². The molecule has 3 N–H and O–H groups in total. The van der Waals surface area contributed by atoms with Crippen molar-refractivity contribution < 1.29 is 9.84 Å². The number of methoxy groups -OCH3 is 1. The molecule has 1 aromatic rings. The highest BCUT2D eigenvalue weighted by Gasteiger charge is 2.09. The van der Waals surface area contributed by atoms with Crippen LogP contribution in [-0.4, -0.2) is 18.8 Å². The minimum Gasteiger partial charge on any atom is -0.507 e. The lowest BCUT2D eigenvalue weighted by molar-refractivity contribution is 0.407. The summed E-state index contributed by atoms with van der Waals surface area (Å²) in [5.41, 5.74) is 7.90. The van der Waals surface area contributed by atoms with E-state index in [1.165, 1.54) is 0 Å². The van der Waals surface area contributed by atoms with E-state index in [2.05, 4.69) is 0 Å². The number of aromatic hydroxyl groups is 1. The predicted molar refractivity (Wildman–Crippen MR) is 62.2 cm³/mol. The van der Waals surface area contributed by atoms with E-state index < -0.39 is 0 Å². The highest BCUT2D eigenvalue weighted by Crippen LogP contribution is 2.33. The van der Waals surface area contributed by atoms with Crippen LogP contribution in [0.1, 0.15) is 16.7 Å². The molecule has 0 radical (unpaired) electrons. The van der Waals surface area contributed by atoms with Crippen molar-refractivity contribution in [2.24, 2.45) is 5.73 Å². The lowest BCUT2D eigenvalue weighted by Crippen LogP contribution is -1.94. The van der Waals surface area contributed by atoms with Crippen molar-refractivity contribution in [2.75, 3.05) is 13.7 Å². The van der Waals surface area contributed by atoms with Crippen molar-refractivity contribution in [3.63, 3.8) is 0 Å². The van der Waals surface area contributed by atoms with Gasteiger partial charge >= 0.3 is 0 Å². The summed E-state index contributed by atoms with van der Waals surface area (Å²) >= 11 is 0. The first-order chi connectivity index (χ1) is 7.11. The van der Waals surface area contributed by atoms with E-state index in [9.17, 15) is 5.11 Å². The van der Waals surface area contributed by atoms with E-state index in [1.807, 2.05) is 19.9 Å². The molecule has 0 saturated carbocycles. The Kier molecular flexibility index (Phi) is 3.74. The monoisotopic (exact) mass is 207 g/mol. The van der Waals surface area contributed by atoms with E-state index in [0.29, 0.717) is 6.54 Å². The van der Waals surface area contributed by atoms with Crippen LogP contribution in [0.3, 0.4) is 0 Å². The molecule has 0 bridgehead atoms. The molecule has 0 aliphatic rings. The number of hydrogen-bond acceptors (Lipinski definition) is 3. The Bertz CT molecular complexity index is 384. The number of nitrogens with two attached hydrogens (primary N) is 1. The van der Waals surface area contributed by atoms with Crippen LogP contribution >= 0.6 is 0 Å². The van der Waals surface area contributed by atoms with Crippen LogP contribution < -0.4 is 10.5 Å². The molecule has 0 heterocycles. The number of phenols is 1. The lowest BCUT2D eigenvalue weighted by atomic mass is 10.0. The molecule has 0 aromatic heterocycles. The molecule has 0 aliphatic heterocycles. The summed E-state index contributed by atoms with van der Waals surface area (Å²) in [5.74, 6) is 1.07. The predicted octanol–water partition coefficient (Wildman–Crippen LogP) is 1.99. The third-order valence-electron chi connectivity index (χ3n) is 2.50. The fourth-order valence-electron chi connectivity index (χ4n) is 1.43. The van der Waals surface area contributed by atoms with Crippen LogP contribution in [0.15, 0.2) is 12.1 Å². The molecule has 0 spiro atoms. The Morgan fingerprint density at radius 1 is 1.40 bits per heavy atom. The fourth-order valence-corrected chi connectivity index (χ4v) is 1.43. The molecule has 1 aromatic carbocycles. The quantitative estimate of drug-likeness (QED) is 0.797. The summed E-state index contributed by atoms with van der Waals surface area (Å²) in [5, 5.41) is 9.88. The van der Waals surface area contributed by atoms with Crippen LogP contribution in [0.25, 0.3) is 6.08 Å². The molecule has 0 saturated heterocycles. The van der Waals surface area contributed by atoms with E-state index >= 15 is 0 Å². The van der Waals surface area contributed by atoms with Crippen LogP contribution in [0, 0.1) is 13.8 Å². The smallest absolute Gasteiger partial charge is 0.126 e. The molecule has 0 fully saturated rings. The first-order valence-electron chi connectivity index (χ1n) is 4.85. The number of phenolic OH excluding ortho intramolecular Hbond substituents is 1. The third kappa shape index (κ3) is 2.30. The summed E-state index contributed by atoms with van der Waals surface area (Å²) < 4.78 is 5.23. The van der Waals surface area contributed by atoms with Crippen LogP contribution in [0.2, 0.25) is 0 Å². The molecule has 3 nitrogen and oxygen atoms in total. The molecule has 0 amide bonds. The average Bonchev–Trinajstić information content (AvgIpc) is 2.25. The zero-order valence-electron chi connectivity index (χ0n) is 9.37. The van der Waals surface area contributed by atoms with Gasteiger partial charge in [0.05, 0.1) is 7.11 Å². The number of ether oxygens (including phenoxy) is 1. The van der Waals surface area contributed by atoms with E-state index in [4.69, 9.17) is 10.5 Å². The number of rotatable bonds is 3. The Balaban J connectivity index is 3.28. The Morgan fingerprint density at radius 3 is 2.60 bits per heavy atom. The summed E-state index contributed by atoms with van der Waals surface area (Å²) in [6.45, 7) is 4.24. The minimum absolute atomic E-state index is 0.290. The second-order valence-corrected chi connectivity index (χ2v) is 3.40. The van der Waals surface area contributed by atoms with Crippen molar-refractivity contribution >= 4 is 6.08 Å². The largest absolute Gasteiger partial charge is 0.507 e. The molecule has 15 heavy (non-hydrogen) atoms. The molecule has 1 rings (SSSR count). The topological polar surface area (TPSA) is 55.5 Å². The molecule has 0 aliphatic carbocycles. The molecular weight excluding hydrogens is 190 g/mol. The fraction of sp³-hybridized carbons (Fsp3) is 0.333. The van der Waals surface area contributed by atoms with Crippen LogP contribution in [-0.2, 0) is 0 Å². The average molecular weight is 207 g/mol. The first kappa shape index (κ1) is 11.6. The van der Waals surface area contributed by atoms with E-state index in [0.717, 1.165) is 22.4 Å². The van der Waals surface area contributed by atoms with Gasteiger partial charge in [-0.3, -0.25) is 0 Å². The first-order valence-corrected chi connectivity index (χ1v) is 4.85. The lowest BCUT2D eigenvalue weighted by Gasteiger charge is -2.11. The van der Waals surface area contributed by atoms with Gasteiger partial charge in [-0.05, 0) is 31.0 Å². The highest BCUT2D eigenvalue weighted by molar-refractivity contribution is 5.64. The van der Waals surface area contributed by atoms with Gasteiger partial charge in [0.25, 0.3) is 0 Å². The van der Waals surface area contributed by atoms with Crippen molar-refractivity contribution in [2.45, 2.75) is 13.8 Å². The number of benzene rings is 1. The van der Waals surface area contributed by atoms with Crippen molar-refractivity contribution in [3.05, 3.63) is 28.8 Å². The van der Waals surface area contributed by atoms with Crippen molar-refractivity contribution in [1.82, 2.24) is 0 Å². The Hall–Kier alpha value is -1.48. The normalized spacial score (nSPS) is 10.9. The van der Waals surface area contributed by atoms with Gasteiger partial charge < -0.3 is 15.6 Å². The maximum Gasteiger partial charge on any atom is 0.126 e. The van der Waals surface area contributed by atoms with Crippen LogP contribution in [0.5, 0.6) is 11.5 Å². The molecule has 0 unspecified atom stereocenters. The van der Waals surface area contributed by atoms with Gasteiger partial charge in [-0.25, -0.2) is 0 Å². The van der Waals surface area contributed by atoms with Crippen molar-refractivity contribution in [3.8, 4) is 11.5 Å². The zero-order chi connectivity index (χ0) is 11.4. The molecular formula is C12H17NO2. The molecule has 3 heteroatoms. The summed E-state index contributed by atoms with van der Waals surface area (Å²) in [6.07, 6.45) is 3.59. The van der Waals surface area contributed by atoms with E-state index in [1.54, 1.807) is 19.3 Å². The summed E-state index contributed by atoms with van der Waals surface area (Å²) in [4.78, 5) is 0. The Morgan fingerprint density at radius 2 is 2.07 bits per heavy atom. The zero-order valence-corrected chi connectivity index (χ0v) is 9.37. The summed E-state index contributed by atoms with van der Waals surface area (Å²) in [6, 6.07) is 1.81. The van der Waals surface area contributed by atoms with Gasteiger partial charge in [-0.2, -0.15) is 0 Å². The van der Waals surface area contributed by atoms with Gasteiger partial charge in [0.2, 0.25) is 0 Å². The maximum atomic E-state index is 9.88. The summed E-state index contributed by atoms with van der Waals surface area (Å²) in [7, 11) is 1.62. The van der Waals surface area contributed by atoms with Gasteiger partial charge in [-0.1, -0.05) is 12.2 Å². The van der Waals surface area contributed by atoms with Gasteiger partial charge in [-0.15, -0.1) is 0 Å². The van der Waals surface area contributed by atoms with Crippen LogP contribution in [0.4, 0.5) is 0 Å². The van der Waals surface area contributed by atoms with Gasteiger partial charge in [0.15, 0.2) is 0 Å². The Labute approximate surface area is 90.2 Å². The van der Waals surface area contributed by atoms with E-state index in [-0.39, 0.29) is 5.75 Å². The number of hydrogen-bond donors (Lipinski definition) is 2. The minimum atomic E-state index is 0.290. The van der Waals surface area contributed by atoms with Crippen molar-refractivity contribution in [1.29, 1.82) is 0 Å². The van der Waals surface area contributed by atoms with Gasteiger partial charge in [0.1, 0.15) is 11.5 Å². The second-order valence-electron chi connectivity index (χ2n) is 3.40. The third-order valence-corrected chi connectivity index (χ3v) is 2.50. The molecule has 0 atom stereocenters.